The maximum atomic E-state index is 12.7. The van der Waals surface area contributed by atoms with Crippen molar-refractivity contribution < 1.29 is 14.3 Å². The lowest BCUT2D eigenvalue weighted by Crippen LogP contribution is -2.44. The zero-order chi connectivity index (χ0) is 21.6. The van der Waals surface area contributed by atoms with E-state index in [4.69, 9.17) is 10.5 Å². The number of primary amides is 1. The normalized spacial score (nSPS) is 16.6. The largest absolute Gasteiger partial charge is 0.445 e. The van der Waals surface area contributed by atoms with Gasteiger partial charge in [0.15, 0.2) is 5.82 Å². The van der Waals surface area contributed by atoms with Crippen LogP contribution in [0.1, 0.15) is 12.8 Å². The quantitative estimate of drug-likeness (QED) is 0.596. The summed E-state index contributed by atoms with van der Waals surface area (Å²) in [5, 5.41) is 5.42. The Labute approximate surface area is 182 Å². The van der Waals surface area contributed by atoms with Crippen molar-refractivity contribution >= 4 is 29.2 Å². The minimum atomic E-state index is -0.797. The number of rotatable bonds is 6. The number of nitrogens with two attached hydrogens (primary N) is 1. The zero-order valence-electron chi connectivity index (χ0n) is 16.6. The fraction of sp³-hybridized carbons (Fsp3) is 0.300. The van der Waals surface area contributed by atoms with E-state index in [0.717, 1.165) is 24.4 Å². The number of ether oxygens (including phenoxy) is 1. The first-order valence-corrected chi connectivity index (χ1v) is 10.6. The van der Waals surface area contributed by atoms with Gasteiger partial charge < -0.3 is 15.8 Å². The number of nitrogens with one attached hydrogen (secondary N) is 1. The molecule has 1 unspecified atom stereocenters. The number of likely N-dealkylation sites (tertiary alicyclic amines) is 1. The number of hydrogen-bond donors (Lipinski definition) is 2. The molecule has 0 aliphatic carbocycles. The van der Waals surface area contributed by atoms with E-state index in [1.54, 1.807) is 24.5 Å². The smallest absolute Gasteiger partial charge is 0.404 e. The second-order valence-corrected chi connectivity index (χ2v) is 7.89. The molecule has 2 amide bonds. The van der Waals surface area contributed by atoms with Gasteiger partial charge in [-0.3, -0.25) is 14.7 Å². The third-order valence-electron chi connectivity index (χ3n) is 4.65. The first-order chi connectivity index (χ1) is 15.1. The SMILES string of the molecule is NC(=O)OC1CCCN(CC(=O)Nc2cc(-c3nccs3)nc(-c3ccccn3)n2)C1. The fourth-order valence-electron chi connectivity index (χ4n) is 3.38. The molecule has 3 aromatic heterocycles. The highest BCUT2D eigenvalue weighted by molar-refractivity contribution is 7.13. The van der Waals surface area contributed by atoms with Gasteiger partial charge in [0.25, 0.3) is 0 Å². The molecule has 0 bridgehead atoms. The number of anilines is 1. The van der Waals surface area contributed by atoms with Gasteiger partial charge in [-0.15, -0.1) is 11.3 Å². The van der Waals surface area contributed by atoms with Crippen LogP contribution in [0.2, 0.25) is 0 Å². The third-order valence-corrected chi connectivity index (χ3v) is 5.45. The molecular formula is C20H21N7O3S. The number of hydrogen-bond acceptors (Lipinski definition) is 9. The number of nitrogens with zero attached hydrogens (tertiary/aromatic N) is 5. The van der Waals surface area contributed by atoms with Crippen LogP contribution >= 0.6 is 11.3 Å². The van der Waals surface area contributed by atoms with Crippen molar-refractivity contribution in [3.8, 4) is 22.2 Å². The van der Waals surface area contributed by atoms with E-state index in [9.17, 15) is 9.59 Å². The first kappa shape index (κ1) is 20.8. The van der Waals surface area contributed by atoms with Crippen molar-refractivity contribution in [2.75, 3.05) is 25.0 Å². The zero-order valence-corrected chi connectivity index (χ0v) is 17.4. The Hall–Kier alpha value is -3.44. The van der Waals surface area contributed by atoms with Crippen LogP contribution in [0.4, 0.5) is 10.6 Å². The van der Waals surface area contributed by atoms with Gasteiger partial charge >= 0.3 is 6.09 Å². The van der Waals surface area contributed by atoms with Crippen LogP contribution in [0.3, 0.4) is 0 Å². The predicted octanol–water partition coefficient (Wildman–Crippen LogP) is 2.16. The minimum Gasteiger partial charge on any atom is -0.445 e. The summed E-state index contributed by atoms with van der Waals surface area (Å²) in [7, 11) is 0. The lowest BCUT2D eigenvalue weighted by Gasteiger charge is -2.31. The number of amides is 2. The molecule has 0 radical (unpaired) electrons. The van der Waals surface area contributed by atoms with Gasteiger partial charge in [0, 0.05) is 30.4 Å². The molecule has 11 heteroatoms. The number of carbonyl (C=O) groups is 2. The Kier molecular flexibility index (Phi) is 6.43. The molecule has 4 heterocycles. The molecule has 1 saturated heterocycles. The Bertz CT molecular complexity index is 1050. The summed E-state index contributed by atoms with van der Waals surface area (Å²) >= 11 is 1.45. The fourth-order valence-corrected chi connectivity index (χ4v) is 3.98. The van der Waals surface area contributed by atoms with E-state index in [-0.39, 0.29) is 18.6 Å². The highest BCUT2D eigenvalue weighted by Gasteiger charge is 2.24. The second kappa shape index (κ2) is 9.58. The van der Waals surface area contributed by atoms with Crippen molar-refractivity contribution in [2.45, 2.75) is 18.9 Å². The van der Waals surface area contributed by atoms with Crippen LogP contribution < -0.4 is 11.1 Å². The highest BCUT2D eigenvalue weighted by Crippen LogP contribution is 2.25. The van der Waals surface area contributed by atoms with Crippen LogP contribution in [0, 0.1) is 0 Å². The highest BCUT2D eigenvalue weighted by atomic mass is 32.1. The average molecular weight is 440 g/mol. The molecule has 1 aliphatic rings. The average Bonchev–Trinajstić information content (AvgIpc) is 3.29. The molecule has 3 N–H and O–H groups in total. The summed E-state index contributed by atoms with van der Waals surface area (Å²) < 4.78 is 5.08. The summed E-state index contributed by atoms with van der Waals surface area (Å²) in [6.07, 6.45) is 3.81. The third kappa shape index (κ3) is 5.58. The van der Waals surface area contributed by atoms with Gasteiger partial charge in [-0.2, -0.15) is 0 Å². The maximum Gasteiger partial charge on any atom is 0.404 e. The predicted molar refractivity (Wildman–Crippen MR) is 115 cm³/mol. The van der Waals surface area contributed by atoms with Crippen LogP contribution in [0.15, 0.2) is 42.0 Å². The summed E-state index contributed by atoms with van der Waals surface area (Å²) in [5.41, 5.74) is 6.31. The van der Waals surface area contributed by atoms with Gasteiger partial charge in [0.05, 0.1) is 6.54 Å². The maximum absolute atomic E-state index is 12.7. The molecule has 4 rings (SSSR count). The van der Waals surface area contributed by atoms with Crippen molar-refractivity contribution in [1.29, 1.82) is 0 Å². The van der Waals surface area contributed by atoms with Crippen LogP contribution in [0.25, 0.3) is 22.2 Å². The summed E-state index contributed by atoms with van der Waals surface area (Å²) in [6, 6.07) is 7.16. The molecule has 1 atom stereocenters. The van der Waals surface area contributed by atoms with Gasteiger partial charge in [-0.05, 0) is 31.5 Å². The topological polar surface area (TPSA) is 136 Å². The standard InChI is InChI=1S/C20H21N7O3S/c21-20(29)30-13-4-3-8-27(11-13)12-17(28)25-16-10-15(19-23-7-9-31-19)24-18(26-16)14-5-1-2-6-22-14/h1-2,5-7,9-10,13H,3-4,8,11-12H2,(H2,21,29)(H,24,25,26,28). The molecule has 0 aromatic carbocycles. The van der Waals surface area contributed by atoms with E-state index in [2.05, 4.69) is 25.3 Å². The van der Waals surface area contributed by atoms with E-state index in [1.807, 2.05) is 22.4 Å². The van der Waals surface area contributed by atoms with Crippen LogP contribution in [0.5, 0.6) is 0 Å². The van der Waals surface area contributed by atoms with Gasteiger partial charge in [-0.1, -0.05) is 6.07 Å². The molecule has 1 aliphatic heterocycles. The van der Waals surface area contributed by atoms with E-state index in [1.165, 1.54) is 11.3 Å². The lowest BCUT2D eigenvalue weighted by atomic mass is 10.1. The van der Waals surface area contributed by atoms with Crippen LogP contribution in [-0.4, -0.2) is 62.6 Å². The van der Waals surface area contributed by atoms with Gasteiger partial charge in [0.1, 0.15) is 28.3 Å². The molecule has 0 saturated carbocycles. The van der Waals surface area contributed by atoms with Crippen molar-refractivity contribution in [3.05, 3.63) is 42.0 Å². The van der Waals surface area contributed by atoms with E-state index >= 15 is 0 Å². The van der Waals surface area contributed by atoms with Crippen LogP contribution in [-0.2, 0) is 9.53 Å². The molecule has 160 valence electrons. The molecule has 1 fully saturated rings. The Morgan fingerprint density at radius 3 is 2.87 bits per heavy atom. The van der Waals surface area contributed by atoms with E-state index in [0.29, 0.717) is 29.6 Å². The number of thiazole rings is 1. The molecular weight excluding hydrogens is 418 g/mol. The number of carbonyl (C=O) groups excluding carboxylic acids is 2. The first-order valence-electron chi connectivity index (χ1n) is 9.75. The summed E-state index contributed by atoms with van der Waals surface area (Å²) in [4.78, 5) is 43.2. The lowest BCUT2D eigenvalue weighted by molar-refractivity contribution is -0.118. The van der Waals surface area contributed by atoms with Crippen molar-refractivity contribution in [2.24, 2.45) is 5.73 Å². The van der Waals surface area contributed by atoms with Crippen molar-refractivity contribution in [1.82, 2.24) is 24.8 Å². The Morgan fingerprint density at radius 1 is 1.23 bits per heavy atom. The van der Waals surface area contributed by atoms with Gasteiger partial charge in [0.2, 0.25) is 5.91 Å². The molecule has 10 nitrogen and oxygen atoms in total. The molecule has 0 spiro atoms. The van der Waals surface area contributed by atoms with Gasteiger partial charge in [-0.25, -0.2) is 19.7 Å². The Balaban J connectivity index is 1.50. The summed E-state index contributed by atoms with van der Waals surface area (Å²) in [5.74, 6) is 0.541. The minimum absolute atomic E-state index is 0.147. The molecule has 3 aromatic rings. The number of aromatic nitrogens is 4. The summed E-state index contributed by atoms with van der Waals surface area (Å²) in [6.45, 7) is 1.34. The second-order valence-electron chi connectivity index (χ2n) is 7.00. The Morgan fingerprint density at radius 2 is 2.13 bits per heavy atom. The number of piperidine rings is 1. The molecule has 31 heavy (non-hydrogen) atoms. The number of pyridine rings is 1. The van der Waals surface area contributed by atoms with Crippen molar-refractivity contribution in [3.63, 3.8) is 0 Å². The monoisotopic (exact) mass is 439 g/mol. The van der Waals surface area contributed by atoms with E-state index < -0.39 is 6.09 Å².